The van der Waals surface area contributed by atoms with Crippen LogP contribution >= 0.6 is 11.6 Å². The molecular weight excluding hydrogens is 589 g/mol. The molecule has 242 valence electrons. The van der Waals surface area contributed by atoms with Gasteiger partial charge in [-0.3, -0.25) is 0 Å². The minimum Gasteiger partial charge on any atom is -0.414 e. The van der Waals surface area contributed by atoms with Gasteiger partial charge >= 0.3 is 0 Å². The van der Waals surface area contributed by atoms with Crippen LogP contribution in [-0.2, 0) is 11.0 Å². The molecule has 6 nitrogen and oxygen atoms in total. The number of rotatable bonds is 11. The second kappa shape index (κ2) is 12.8. The highest BCUT2D eigenvalue weighted by molar-refractivity contribution is 6.74. The Hall–Kier alpha value is -1.74. The molecule has 0 amide bonds. The van der Waals surface area contributed by atoms with Crippen LogP contribution in [0.5, 0.6) is 0 Å². The topological polar surface area (TPSA) is 71.1 Å². The van der Waals surface area contributed by atoms with Crippen molar-refractivity contribution in [2.75, 3.05) is 23.7 Å². The van der Waals surface area contributed by atoms with Crippen LogP contribution in [0.4, 0.5) is 16.2 Å². The highest BCUT2D eigenvalue weighted by atomic mass is 35.5. The van der Waals surface area contributed by atoms with Crippen molar-refractivity contribution in [3.8, 4) is 0 Å². The van der Waals surface area contributed by atoms with Gasteiger partial charge in [-0.1, -0.05) is 50.6 Å². The molecule has 0 spiro atoms. The normalized spacial score (nSPS) is 31.7. The van der Waals surface area contributed by atoms with Gasteiger partial charge in [0.25, 0.3) is 0 Å². The van der Waals surface area contributed by atoms with Crippen molar-refractivity contribution >= 4 is 31.7 Å². The van der Waals surface area contributed by atoms with E-state index in [1.54, 1.807) is 0 Å². The highest BCUT2D eigenvalue weighted by Crippen LogP contribution is 2.60. The predicted molar refractivity (Wildman–Crippen MR) is 181 cm³/mol. The zero-order chi connectivity index (χ0) is 31.1. The Morgan fingerprint density at radius 1 is 1.02 bits per heavy atom. The van der Waals surface area contributed by atoms with Crippen LogP contribution in [-0.4, -0.2) is 43.5 Å². The maximum atomic E-state index is 14.8. The van der Waals surface area contributed by atoms with E-state index in [1.807, 2.05) is 24.3 Å². The highest BCUT2D eigenvalue weighted by Gasteiger charge is 2.55. The number of aromatic nitrogens is 2. The lowest BCUT2D eigenvalue weighted by Gasteiger charge is -2.60. The third-order valence-electron chi connectivity index (χ3n) is 11.9. The van der Waals surface area contributed by atoms with Crippen LogP contribution in [0.15, 0.2) is 30.5 Å². The molecule has 3 N–H and O–H groups in total. The van der Waals surface area contributed by atoms with Gasteiger partial charge in [0.05, 0.1) is 6.20 Å². The molecule has 0 saturated heterocycles. The quantitative estimate of drug-likeness (QED) is 0.213. The second-order valence-electron chi connectivity index (χ2n) is 16.1. The molecule has 7 rings (SSSR count). The number of hydrogen-bond acceptors (Lipinski definition) is 6. The van der Waals surface area contributed by atoms with Crippen molar-refractivity contribution in [2.24, 2.45) is 29.1 Å². The first-order valence-electron chi connectivity index (χ1n) is 17.0. The number of nitrogens with zero attached hydrogens (tertiary/aromatic N) is 2. The van der Waals surface area contributed by atoms with Crippen molar-refractivity contribution in [3.05, 3.63) is 46.9 Å². The second-order valence-corrected chi connectivity index (χ2v) is 21.3. The predicted octanol–water partition coefficient (Wildman–Crippen LogP) is 8.66. The molecule has 1 aromatic carbocycles. The standard InChI is InChI=1S/C35H53ClFN5OSi/c1-34(2,3)44(4,5)43-28-12-10-23(11-13-28)19-38-31-26-14-24-15-27(31)18-35(16-24,17-26)22-41-32-30(37)21-40-33(42-32)39-20-25-8-6-7-9-29(25)36/h6-9,21,23-24,26-28,31,38H,10-20,22H2,1-5H3,(H2,39,40,41,42)/t23-,24?,26-,27+,28-,31-,35-. The molecule has 9 heteroatoms. The van der Waals surface area contributed by atoms with Crippen LogP contribution in [0.3, 0.4) is 0 Å². The maximum Gasteiger partial charge on any atom is 0.225 e. The van der Waals surface area contributed by atoms with Crippen LogP contribution in [0.2, 0.25) is 23.2 Å². The van der Waals surface area contributed by atoms with Crippen molar-refractivity contribution in [3.63, 3.8) is 0 Å². The van der Waals surface area contributed by atoms with Gasteiger partial charge in [0, 0.05) is 30.3 Å². The van der Waals surface area contributed by atoms with E-state index in [4.69, 9.17) is 16.0 Å². The van der Waals surface area contributed by atoms with E-state index >= 15 is 0 Å². The van der Waals surface area contributed by atoms with Crippen molar-refractivity contribution in [1.29, 1.82) is 0 Å². The zero-order valence-corrected chi connectivity index (χ0v) is 29.2. The Labute approximate surface area is 270 Å². The van der Waals surface area contributed by atoms with E-state index < -0.39 is 14.1 Å². The smallest absolute Gasteiger partial charge is 0.225 e. The first kappa shape index (κ1) is 32.2. The van der Waals surface area contributed by atoms with E-state index in [2.05, 4.69) is 59.8 Å². The van der Waals surface area contributed by atoms with Crippen LogP contribution in [0.1, 0.15) is 84.1 Å². The molecule has 44 heavy (non-hydrogen) atoms. The van der Waals surface area contributed by atoms with Gasteiger partial charge in [-0.2, -0.15) is 4.98 Å². The van der Waals surface area contributed by atoms with E-state index in [9.17, 15) is 4.39 Å². The molecule has 2 aromatic rings. The summed E-state index contributed by atoms with van der Waals surface area (Å²) >= 11 is 6.29. The summed E-state index contributed by atoms with van der Waals surface area (Å²) in [4.78, 5) is 8.66. The minimum absolute atomic E-state index is 0.233. The Morgan fingerprint density at radius 2 is 1.73 bits per heavy atom. The molecule has 1 aromatic heterocycles. The molecule has 4 bridgehead atoms. The summed E-state index contributed by atoms with van der Waals surface area (Å²) in [6.07, 6.45) is 13.1. The number of halogens is 2. The van der Waals surface area contributed by atoms with Crippen LogP contribution < -0.4 is 16.0 Å². The summed E-state index contributed by atoms with van der Waals surface area (Å²) in [5.74, 6) is 3.32. The number of hydrogen-bond donors (Lipinski definition) is 3. The summed E-state index contributed by atoms with van der Waals surface area (Å²) in [6.45, 7) is 14.2. The SMILES string of the molecule is CC(C)(C)[Si](C)(C)O[C@H]1CC[C@H](CN[C@@H]2[C@@H]3CC4C[C@H]2C[C@@](CNc2nc(NCc5ccccc5Cl)ncc2F)(C4)C3)CC1. The fourth-order valence-corrected chi connectivity index (χ4v) is 10.4. The first-order chi connectivity index (χ1) is 20.9. The third-order valence-corrected chi connectivity index (χ3v) is 16.8. The Morgan fingerprint density at radius 3 is 2.41 bits per heavy atom. The summed E-state index contributed by atoms with van der Waals surface area (Å²) in [6, 6.07) is 8.31. The van der Waals surface area contributed by atoms with Crippen LogP contribution in [0.25, 0.3) is 0 Å². The fourth-order valence-electron chi connectivity index (χ4n) is 8.76. The summed E-state index contributed by atoms with van der Waals surface area (Å²) in [7, 11) is -1.69. The molecule has 5 aliphatic carbocycles. The maximum absolute atomic E-state index is 14.8. The van der Waals surface area contributed by atoms with Crippen molar-refractivity contribution < 1.29 is 8.82 Å². The lowest BCUT2D eigenvalue weighted by molar-refractivity contribution is -0.0704. The monoisotopic (exact) mass is 641 g/mol. The molecule has 5 atom stereocenters. The summed E-state index contributed by atoms with van der Waals surface area (Å²) in [5.41, 5.74) is 1.19. The molecule has 0 radical (unpaired) electrons. The van der Waals surface area contributed by atoms with Gasteiger partial charge in [0.1, 0.15) is 0 Å². The zero-order valence-electron chi connectivity index (χ0n) is 27.4. The van der Waals surface area contributed by atoms with Gasteiger partial charge in [0.15, 0.2) is 20.0 Å². The first-order valence-corrected chi connectivity index (χ1v) is 20.3. The van der Waals surface area contributed by atoms with E-state index in [0.29, 0.717) is 35.5 Å². The minimum atomic E-state index is -1.69. The van der Waals surface area contributed by atoms with E-state index in [-0.39, 0.29) is 10.5 Å². The van der Waals surface area contributed by atoms with Crippen LogP contribution in [0, 0.1) is 34.9 Å². The molecule has 1 unspecified atom stereocenters. The molecule has 1 heterocycles. The molecule has 0 aliphatic heterocycles. The van der Waals surface area contributed by atoms with Crippen molar-refractivity contribution in [1.82, 2.24) is 15.3 Å². The largest absolute Gasteiger partial charge is 0.414 e. The lowest BCUT2D eigenvalue weighted by Crippen LogP contribution is -2.60. The molecular formula is C35H53ClFN5OSi. The van der Waals surface area contributed by atoms with E-state index in [1.165, 1.54) is 64.0 Å². The van der Waals surface area contributed by atoms with E-state index in [0.717, 1.165) is 42.3 Å². The summed E-state index contributed by atoms with van der Waals surface area (Å²) < 4.78 is 21.6. The molecule has 5 fully saturated rings. The average molecular weight is 642 g/mol. The van der Waals surface area contributed by atoms with Gasteiger partial charge in [-0.25, -0.2) is 9.37 Å². The van der Waals surface area contributed by atoms with Gasteiger partial charge in [-0.05, 0) is 123 Å². The average Bonchev–Trinajstić information content (AvgIpc) is 2.96. The number of anilines is 2. The fraction of sp³-hybridized carbons (Fsp3) is 0.714. The van der Waals surface area contributed by atoms with Gasteiger partial charge in [0.2, 0.25) is 5.95 Å². The third kappa shape index (κ3) is 7.13. The molecule has 5 saturated carbocycles. The van der Waals surface area contributed by atoms with Crippen molar-refractivity contribution in [2.45, 2.75) is 115 Å². The Balaban J connectivity index is 0.995. The lowest BCUT2D eigenvalue weighted by atomic mass is 9.48. The van der Waals surface area contributed by atoms with Gasteiger partial charge in [-0.15, -0.1) is 0 Å². The molecule has 5 aliphatic rings. The number of benzene rings is 1. The Bertz CT molecular complexity index is 1280. The Kier molecular flexibility index (Phi) is 9.37. The summed E-state index contributed by atoms with van der Waals surface area (Å²) in [5, 5.41) is 11.7. The van der Waals surface area contributed by atoms with Gasteiger partial charge < -0.3 is 20.4 Å². The number of nitrogens with one attached hydrogen (secondary N) is 3.